The van der Waals surface area contributed by atoms with E-state index in [0.717, 1.165) is 13.0 Å². The number of ether oxygens (including phenoxy) is 1. The second-order valence-electron chi connectivity index (χ2n) is 4.65. The molecule has 1 aromatic rings. The van der Waals surface area contributed by atoms with Gasteiger partial charge in [-0.15, -0.1) is 0 Å². The summed E-state index contributed by atoms with van der Waals surface area (Å²) in [6, 6.07) is 0.260. The Bertz CT molecular complexity index is 500. The van der Waals surface area contributed by atoms with Crippen LogP contribution in [0.4, 0.5) is 11.4 Å². The quantitative estimate of drug-likeness (QED) is 0.659. The lowest BCUT2D eigenvalue weighted by Gasteiger charge is -2.38. The topological polar surface area (TPSA) is 80.5 Å². The van der Waals surface area contributed by atoms with Crippen LogP contribution in [0, 0.1) is 10.1 Å². The fourth-order valence-corrected chi connectivity index (χ4v) is 3.13. The minimum atomic E-state index is -0.404. The summed E-state index contributed by atoms with van der Waals surface area (Å²) in [6.07, 6.45) is 3.72. The SMILES string of the molecule is CN[C@@H]1CCN(c2c(Br)cncc2[N+](=O)[O-])C[C@@H]1OC. The first-order valence-electron chi connectivity index (χ1n) is 6.31. The largest absolute Gasteiger partial charge is 0.378 e. The summed E-state index contributed by atoms with van der Waals surface area (Å²) in [4.78, 5) is 16.6. The highest BCUT2D eigenvalue weighted by Gasteiger charge is 2.32. The maximum atomic E-state index is 11.2. The zero-order chi connectivity index (χ0) is 14.7. The van der Waals surface area contributed by atoms with Gasteiger partial charge in [-0.2, -0.15) is 0 Å². The Morgan fingerprint density at radius 3 is 2.95 bits per heavy atom. The maximum Gasteiger partial charge on any atom is 0.311 e. The highest BCUT2D eigenvalue weighted by Crippen LogP contribution is 2.36. The van der Waals surface area contributed by atoms with Gasteiger partial charge in [0.2, 0.25) is 0 Å². The van der Waals surface area contributed by atoms with E-state index in [1.54, 1.807) is 13.3 Å². The minimum Gasteiger partial charge on any atom is -0.378 e. The summed E-state index contributed by atoms with van der Waals surface area (Å²) >= 11 is 3.36. The summed E-state index contributed by atoms with van der Waals surface area (Å²) in [5.41, 5.74) is 0.582. The second-order valence-corrected chi connectivity index (χ2v) is 5.50. The van der Waals surface area contributed by atoms with Crippen LogP contribution < -0.4 is 10.2 Å². The van der Waals surface area contributed by atoms with Crippen molar-refractivity contribution < 1.29 is 9.66 Å². The first-order chi connectivity index (χ1) is 9.58. The zero-order valence-electron chi connectivity index (χ0n) is 11.4. The van der Waals surface area contributed by atoms with Crippen LogP contribution in [0.5, 0.6) is 0 Å². The molecule has 1 aliphatic heterocycles. The molecular weight excluding hydrogens is 328 g/mol. The molecule has 20 heavy (non-hydrogen) atoms. The molecule has 1 aromatic heterocycles. The second kappa shape index (κ2) is 6.47. The molecule has 0 bridgehead atoms. The van der Waals surface area contributed by atoms with Crippen LogP contribution in [-0.2, 0) is 4.74 Å². The third kappa shape index (κ3) is 2.92. The smallest absolute Gasteiger partial charge is 0.311 e. The third-order valence-electron chi connectivity index (χ3n) is 3.60. The molecule has 8 heteroatoms. The van der Waals surface area contributed by atoms with Gasteiger partial charge >= 0.3 is 5.69 Å². The van der Waals surface area contributed by atoms with Gasteiger partial charge < -0.3 is 15.0 Å². The van der Waals surface area contributed by atoms with Gasteiger partial charge in [-0.1, -0.05) is 0 Å². The van der Waals surface area contributed by atoms with E-state index < -0.39 is 4.92 Å². The van der Waals surface area contributed by atoms with Crippen LogP contribution in [0.15, 0.2) is 16.9 Å². The molecule has 0 aromatic carbocycles. The minimum absolute atomic E-state index is 0.00609. The number of hydrogen-bond acceptors (Lipinski definition) is 6. The van der Waals surface area contributed by atoms with Gasteiger partial charge in [0.15, 0.2) is 0 Å². The molecular formula is C12H17BrN4O3. The average molecular weight is 345 g/mol. The Hall–Kier alpha value is -1.25. The van der Waals surface area contributed by atoms with Crippen molar-refractivity contribution in [1.82, 2.24) is 10.3 Å². The third-order valence-corrected chi connectivity index (χ3v) is 4.18. The van der Waals surface area contributed by atoms with Crippen LogP contribution in [0.3, 0.4) is 0 Å². The van der Waals surface area contributed by atoms with Crippen LogP contribution in [-0.4, -0.2) is 49.3 Å². The molecule has 1 aliphatic rings. The Balaban J connectivity index is 2.31. The molecule has 110 valence electrons. The lowest BCUT2D eigenvalue weighted by molar-refractivity contribution is -0.384. The molecule has 1 N–H and O–H groups in total. The van der Waals surface area contributed by atoms with Crippen molar-refractivity contribution >= 4 is 27.3 Å². The van der Waals surface area contributed by atoms with Gasteiger partial charge in [0.05, 0.1) is 15.5 Å². The molecule has 0 amide bonds. The van der Waals surface area contributed by atoms with Crippen LogP contribution in [0.2, 0.25) is 0 Å². The number of aromatic nitrogens is 1. The molecule has 0 aliphatic carbocycles. The fraction of sp³-hybridized carbons (Fsp3) is 0.583. The Morgan fingerprint density at radius 2 is 2.35 bits per heavy atom. The van der Waals surface area contributed by atoms with Gasteiger partial charge in [-0.3, -0.25) is 15.1 Å². The molecule has 0 radical (unpaired) electrons. The van der Waals surface area contributed by atoms with E-state index in [2.05, 4.69) is 26.2 Å². The lowest BCUT2D eigenvalue weighted by atomic mass is 10.0. The number of methoxy groups -OCH3 is 1. The number of halogens is 1. The molecule has 2 rings (SSSR count). The predicted molar refractivity (Wildman–Crippen MR) is 79.1 cm³/mol. The van der Waals surface area contributed by atoms with E-state index in [1.165, 1.54) is 6.20 Å². The van der Waals surface area contributed by atoms with Crippen molar-refractivity contribution in [1.29, 1.82) is 0 Å². The summed E-state index contributed by atoms with van der Waals surface area (Å²) < 4.78 is 6.11. The normalized spacial score (nSPS) is 22.9. The van der Waals surface area contributed by atoms with E-state index in [1.807, 2.05) is 11.9 Å². The van der Waals surface area contributed by atoms with Crippen molar-refractivity contribution in [2.24, 2.45) is 0 Å². The Kier molecular flexibility index (Phi) is 4.90. The predicted octanol–water partition coefficient (Wildman–Crippen LogP) is 1.57. The van der Waals surface area contributed by atoms with E-state index in [-0.39, 0.29) is 17.8 Å². The van der Waals surface area contributed by atoms with Crippen molar-refractivity contribution in [3.05, 3.63) is 27.0 Å². The van der Waals surface area contributed by atoms with E-state index in [0.29, 0.717) is 16.7 Å². The number of likely N-dealkylation sites (N-methyl/N-ethyl adjacent to an activating group) is 1. The highest BCUT2D eigenvalue weighted by atomic mass is 79.9. The monoisotopic (exact) mass is 344 g/mol. The molecule has 0 unspecified atom stereocenters. The van der Waals surface area contributed by atoms with Gasteiger partial charge in [0, 0.05) is 32.4 Å². The van der Waals surface area contributed by atoms with Gasteiger partial charge in [-0.05, 0) is 29.4 Å². The van der Waals surface area contributed by atoms with Crippen molar-refractivity contribution in [3.63, 3.8) is 0 Å². The van der Waals surface area contributed by atoms with Crippen LogP contribution in [0.25, 0.3) is 0 Å². The Morgan fingerprint density at radius 1 is 1.60 bits per heavy atom. The summed E-state index contributed by atoms with van der Waals surface area (Å²) in [7, 11) is 3.56. The van der Waals surface area contributed by atoms with Crippen LogP contribution >= 0.6 is 15.9 Å². The van der Waals surface area contributed by atoms with Crippen molar-refractivity contribution in [2.75, 3.05) is 32.1 Å². The molecule has 0 spiro atoms. The number of nitrogens with zero attached hydrogens (tertiary/aromatic N) is 3. The summed E-state index contributed by atoms with van der Waals surface area (Å²) in [5, 5.41) is 14.4. The molecule has 2 atom stereocenters. The number of nitrogens with one attached hydrogen (secondary N) is 1. The van der Waals surface area contributed by atoms with Crippen molar-refractivity contribution in [3.8, 4) is 0 Å². The van der Waals surface area contributed by atoms with E-state index >= 15 is 0 Å². The average Bonchev–Trinajstić information content (AvgIpc) is 2.46. The molecule has 1 fully saturated rings. The summed E-state index contributed by atoms with van der Waals surface area (Å²) in [6.45, 7) is 1.33. The lowest BCUT2D eigenvalue weighted by Crippen LogP contribution is -2.52. The first kappa shape index (κ1) is 15.1. The molecule has 1 saturated heterocycles. The van der Waals surface area contributed by atoms with Gasteiger partial charge in [0.1, 0.15) is 11.9 Å². The molecule has 0 saturated carbocycles. The Labute approximate surface area is 125 Å². The number of piperidine rings is 1. The fourth-order valence-electron chi connectivity index (χ4n) is 2.55. The van der Waals surface area contributed by atoms with Crippen LogP contribution in [0.1, 0.15) is 6.42 Å². The summed E-state index contributed by atoms with van der Waals surface area (Å²) in [5.74, 6) is 0. The number of hydrogen-bond donors (Lipinski definition) is 1. The van der Waals surface area contributed by atoms with Gasteiger partial charge in [0.25, 0.3) is 0 Å². The number of nitro groups is 1. The van der Waals surface area contributed by atoms with Gasteiger partial charge in [-0.25, -0.2) is 0 Å². The number of pyridine rings is 1. The molecule has 7 nitrogen and oxygen atoms in total. The first-order valence-corrected chi connectivity index (χ1v) is 7.10. The maximum absolute atomic E-state index is 11.2. The standard InChI is InChI=1S/C12H17BrN4O3/c1-14-9-3-4-16(7-11(9)20-2)12-8(13)5-15-6-10(12)17(18)19/h5-6,9,11,14H,3-4,7H2,1-2H3/t9-,11+/m1/s1. The number of rotatable bonds is 4. The van der Waals surface area contributed by atoms with E-state index in [9.17, 15) is 10.1 Å². The molecule has 2 heterocycles. The van der Waals surface area contributed by atoms with E-state index in [4.69, 9.17) is 4.74 Å². The van der Waals surface area contributed by atoms with Crippen molar-refractivity contribution in [2.45, 2.75) is 18.6 Å². The number of anilines is 1. The zero-order valence-corrected chi connectivity index (χ0v) is 13.0. The highest BCUT2D eigenvalue weighted by molar-refractivity contribution is 9.10.